The highest BCUT2D eigenvalue weighted by atomic mass is 35.5. The van der Waals surface area contributed by atoms with Crippen molar-refractivity contribution in [3.63, 3.8) is 0 Å². The lowest BCUT2D eigenvalue weighted by Gasteiger charge is -2.20. The van der Waals surface area contributed by atoms with Gasteiger partial charge in [0.25, 0.3) is 0 Å². The van der Waals surface area contributed by atoms with E-state index in [1.165, 1.54) is 44.5 Å². The summed E-state index contributed by atoms with van der Waals surface area (Å²) >= 11 is 13.8. The summed E-state index contributed by atoms with van der Waals surface area (Å²) < 4.78 is 0. The second-order valence-electron chi connectivity index (χ2n) is 7.23. The zero-order valence-electron chi connectivity index (χ0n) is 17.9. The summed E-state index contributed by atoms with van der Waals surface area (Å²) in [5, 5.41) is 1.89. The zero-order chi connectivity index (χ0) is 20.1. The highest BCUT2D eigenvalue weighted by Crippen LogP contribution is 2.35. The van der Waals surface area contributed by atoms with Crippen LogP contribution in [0.5, 0.6) is 0 Å². The van der Waals surface area contributed by atoms with Crippen molar-refractivity contribution >= 4 is 23.2 Å². The molecule has 148 valence electrons. The summed E-state index contributed by atoms with van der Waals surface area (Å²) in [4.78, 5) is 0. The van der Waals surface area contributed by atoms with Crippen molar-refractivity contribution < 1.29 is 0 Å². The molecular formula is C25H34Cl2. The molecule has 0 spiro atoms. The molecule has 2 heteroatoms. The third kappa shape index (κ3) is 4.38. The normalized spacial score (nSPS) is 11.3. The lowest BCUT2D eigenvalue weighted by Crippen LogP contribution is -2.06. The highest BCUT2D eigenvalue weighted by Gasteiger charge is 2.18. The van der Waals surface area contributed by atoms with Crippen LogP contribution in [-0.4, -0.2) is 0 Å². The number of aryl methyl sites for hydroxylation is 2. The van der Waals surface area contributed by atoms with Crippen LogP contribution in [-0.2, 0) is 44.9 Å². The fourth-order valence-corrected chi connectivity index (χ4v) is 5.21. The maximum Gasteiger partial charge on any atom is 0.0476 e. The molecule has 2 rings (SSSR count). The first-order chi connectivity index (χ1) is 13.0. The molecule has 2 aromatic carbocycles. The first-order valence-corrected chi connectivity index (χ1v) is 11.4. The van der Waals surface area contributed by atoms with Gasteiger partial charge < -0.3 is 0 Å². The van der Waals surface area contributed by atoms with E-state index in [1.807, 2.05) is 0 Å². The maximum atomic E-state index is 6.89. The van der Waals surface area contributed by atoms with Gasteiger partial charge in [-0.05, 0) is 83.0 Å². The van der Waals surface area contributed by atoms with Gasteiger partial charge >= 0.3 is 0 Å². The van der Waals surface area contributed by atoms with E-state index in [0.29, 0.717) is 0 Å². The molecule has 0 fully saturated rings. The molecule has 0 heterocycles. The number of hydrogen-bond donors (Lipinski definition) is 0. The summed E-state index contributed by atoms with van der Waals surface area (Å²) in [6, 6.07) is 4.64. The fraction of sp³-hybridized carbons (Fsp3) is 0.520. The molecule has 0 aromatic heterocycles. The van der Waals surface area contributed by atoms with Crippen LogP contribution < -0.4 is 0 Å². The lowest BCUT2D eigenvalue weighted by molar-refractivity contribution is 0.955. The van der Waals surface area contributed by atoms with Crippen LogP contribution in [0.15, 0.2) is 12.1 Å². The molecule has 0 unspecified atom stereocenters. The van der Waals surface area contributed by atoms with Crippen LogP contribution in [0.2, 0.25) is 10.0 Å². The minimum atomic E-state index is 0.811. The Labute approximate surface area is 176 Å². The third-order valence-electron chi connectivity index (χ3n) is 5.85. The number of rotatable bonds is 8. The van der Waals surface area contributed by atoms with E-state index in [1.54, 1.807) is 0 Å². The minimum absolute atomic E-state index is 0.811. The van der Waals surface area contributed by atoms with Crippen molar-refractivity contribution in [2.45, 2.75) is 86.5 Å². The number of hydrogen-bond acceptors (Lipinski definition) is 0. The summed E-state index contributed by atoms with van der Waals surface area (Å²) in [6.07, 6.45) is 6.94. The number of benzene rings is 2. The minimum Gasteiger partial charge on any atom is -0.0837 e. The van der Waals surface area contributed by atoms with Crippen molar-refractivity contribution in [1.82, 2.24) is 0 Å². The Hall–Kier alpha value is -0.980. The second-order valence-corrected chi connectivity index (χ2v) is 7.99. The first-order valence-electron chi connectivity index (χ1n) is 10.6. The molecule has 0 saturated carbocycles. The quantitative estimate of drug-likeness (QED) is 0.418. The summed E-state index contributed by atoms with van der Waals surface area (Å²) in [5.41, 5.74) is 10.8. The second kappa shape index (κ2) is 9.99. The van der Waals surface area contributed by atoms with E-state index in [9.17, 15) is 0 Å². The van der Waals surface area contributed by atoms with Crippen LogP contribution in [0.3, 0.4) is 0 Å². The van der Waals surface area contributed by atoms with Gasteiger partial charge in [0.05, 0.1) is 0 Å². The molecule has 0 nitrogen and oxygen atoms in total. The molecule has 0 radical (unpaired) electrons. The monoisotopic (exact) mass is 404 g/mol. The predicted molar refractivity (Wildman–Crippen MR) is 122 cm³/mol. The van der Waals surface area contributed by atoms with Crippen LogP contribution in [0.25, 0.3) is 0 Å². The van der Waals surface area contributed by atoms with E-state index < -0.39 is 0 Å². The van der Waals surface area contributed by atoms with Gasteiger partial charge in [-0.25, -0.2) is 0 Å². The van der Waals surface area contributed by atoms with Crippen LogP contribution in [0.1, 0.15) is 86.1 Å². The van der Waals surface area contributed by atoms with Gasteiger partial charge in [-0.3, -0.25) is 0 Å². The Kier molecular flexibility index (Phi) is 8.25. The summed E-state index contributed by atoms with van der Waals surface area (Å²) in [7, 11) is 0. The van der Waals surface area contributed by atoms with Gasteiger partial charge in [-0.2, -0.15) is 0 Å². The molecule has 0 aliphatic heterocycles. The van der Waals surface area contributed by atoms with Crippen LogP contribution in [0, 0.1) is 0 Å². The Balaban J connectivity index is 2.63. The molecule has 0 bridgehead atoms. The van der Waals surface area contributed by atoms with Crippen molar-refractivity contribution in [3.8, 4) is 0 Å². The zero-order valence-corrected chi connectivity index (χ0v) is 19.4. The molecular weight excluding hydrogens is 371 g/mol. The van der Waals surface area contributed by atoms with Gasteiger partial charge in [0.1, 0.15) is 0 Å². The standard InChI is InChI=1S/C25H34Cl2/c1-7-16-13-18(24(26)22(11-5)20(16)9-3)15-19-14-17(8-2)21(10-4)23(12-6)25(19)27/h13-14H,7-12,15H2,1-6H3. The largest absolute Gasteiger partial charge is 0.0837 e. The van der Waals surface area contributed by atoms with Crippen molar-refractivity contribution in [3.05, 3.63) is 66.7 Å². The topological polar surface area (TPSA) is 0 Å². The van der Waals surface area contributed by atoms with Crippen LogP contribution >= 0.6 is 23.2 Å². The first kappa shape index (κ1) is 22.3. The van der Waals surface area contributed by atoms with Crippen molar-refractivity contribution in [2.24, 2.45) is 0 Å². The molecule has 0 aliphatic rings. The van der Waals surface area contributed by atoms with Gasteiger partial charge in [-0.15, -0.1) is 0 Å². The Morgan fingerprint density at radius 3 is 1.07 bits per heavy atom. The van der Waals surface area contributed by atoms with E-state index in [4.69, 9.17) is 23.2 Å². The Bertz CT molecular complexity index is 735. The Morgan fingerprint density at radius 1 is 0.481 bits per heavy atom. The third-order valence-corrected chi connectivity index (χ3v) is 6.79. The molecule has 0 aliphatic carbocycles. The van der Waals surface area contributed by atoms with E-state index >= 15 is 0 Å². The summed E-state index contributed by atoms with van der Waals surface area (Å²) in [5.74, 6) is 0. The van der Waals surface area contributed by atoms with Gasteiger partial charge in [0.2, 0.25) is 0 Å². The molecule has 0 saturated heterocycles. The molecule has 0 atom stereocenters. The smallest absolute Gasteiger partial charge is 0.0476 e. The van der Waals surface area contributed by atoms with Gasteiger partial charge in [-0.1, -0.05) is 76.9 Å². The van der Waals surface area contributed by atoms with Crippen molar-refractivity contribution in [1.29, 1.82) is 0 Å². The molecule has 2 aromatic rings. The van der Waals surface area contributed by atoms with Crippen molar-refractivity contribution in [2.75, 3.05) is 0 Å². The van der Waals surface area contributed by atoms with Gasteiger partial charge in [0, 0.05) is 16.5 Å². The summed E-state index contributed by atoms with van der Waals surface area (Å²) in [6.45, 7) is 13.3. The van der Waals surface area contributed by atoms with Crippen LogP contribution in [0.4, 0.5) is 0 Å². The van der Waals surface area contributed by atoms with Gasteiger partial charge in [0.15, 0.2) is 0 Å². The fourth-order valence-electron chi connectivity index (χ4n) is 4.47. The average molecular weight is 405 g/mol. The highest BCUT2D eigenvalue weighted by molar-refractivity contribution is 6.33. The molecule has 0 N–H and O–H groups in total. The number of halogens is 2. The average Bonchev–Trinajstić information content (AvgIpc) is 2.69. The molecule has 27 heavy (non-hydrogen) atoms. The molecule has 0 amide bonds. The van der Waals surface area contributed by atoms with E-state index in [-0.39, 0.29) is 0 Å². The van der Waals surface area contributed by atoms with E-state index in [2.05, 4.69) is 53.7 Å². The SMILES string of the molecule is CCc1cc(Cc2cc(CC)c(CC)c(CC)c2Cl)c(Cl)c(CC)c1CC. The Morgan fingerprint density at radius 2 is 0.815 bits per heavy atom. The maximum absolute atomic E-state index is 6.89. The predicted octanol–water partition coefficient (Wildman–Crippen LogP) is 7.96. The van der Waals surface area contributed by atoms with E-state index in [0.717, 1.165) is 55.0 Å². The lowest BCUT2D eigenvalue weighted by atomic mass is 9.88.